The van der Waals surface area contributed by atoms with E-state index < -0.39 is 6.10 Å². The van der Waals surface area contributed by atoms with Gasteiger partial charge in [-0.25, -0.2) is 0 Å². The van der Waals surface area contributed by atoms with Crippen molar-refractivity contribution in [3.8, 4) is 0 Å². The van der Waals surface area contributed by atoms with Gasteiger partial charge < -0.3 is 9.52 Å². The summed E-state index contributed by atoms with van der Waals surface area (Å²) in [6.07, 6.45) is 0.918. The number of aliphatic hydroxyl groups excluding tert-OH is 1. The second-order valence-electron chi connectivity index (χ2n) is 3.91. The number of aliphatic hydroxyl groups is 1. The van der Waals surface area contributed by atoms with Gasteiger partial charge in [0.2, 0.25) is 0 Å². The van der Waals surface area contributed by atoms with Gasteiger partial charge in [-0.3, -0.25) is 0 Å². The maximum Gasteiger partial charge on any atom is 0.175 e. The van der Waals surface area contributed by atoms with Crippen molar-refractivity contribution in [1.82, 2.24) is 0 Å². The van der Waals surface area contributed by atoms with Crippen LogP contribution in [0.15, 0.2) is 39.6 Å². The summed E-state index contributed by atoms with van der Waals surface area (Å²) in [6, 6.07) is 7.83. The van der Waals surface area contributed by atoms with E-state index in [-0.39, 0.29) is 0 Å². The largest absolute Gasteiger partial charge is 0.457 e. The Kier molecular flexibility index (Phi) is 3.17. The lowest BCUT2D eigenvalue weighted by Gasteiger charge is -2.13. The van der Waals surface area contributed by atoms with Crippen LogP contribution in [0.2, 0.25) is 0 Å². The highest BCUT2D eigenvalue weighted by Crippen LogP contribution is 2.31. The molecule has 16 heavy (non-hydrogen) atoms. The molecular weight excluding hydrogens is 268 g/mol. The molecule has 0 aliphatic heterocycles. The summed E-state index contributed by atoms with van der Waals surface area (Å²) in [6.45, 7) is 4.01. The van der Waals surface area contributed by atoms with Crippen molar-refractivity contribution in [2.45, 2.75) is 20.0 Å². The summed E-state index contributed by atoms with van der Waals surface area (Å²) in [4.78, 5) is 0. The lowest BCUT2D eigenvalue weighted by molar-refractivity contribution is 0.217. The third kappa shape index (κ3) is 2.06. The summed E-state index contributed by atoms with van der Waals surface area (Å²) in [5.74, 6) is 0. The molecule has 0 amide bonds. The molecule has 1 aromatic carbocycles. The Morgan fingerprint density at radius 1 is 1.19 bits per heavy atom. The molecule has 1 heterocycles. The average molecular weight is 281 g/mol. The number of benzene rings is 1. The van der Waals surface area contributed by atoms with Gasteiger partial charge in [0.05, 0.1) is 6.26 Å². The number of aryl methyl sites for hydroxylation is 2. The number of hydrogen-bond donors (Lipinski definition) is 1. The third-order valence-corrected chi connectivity index (χ3v) is 3.31. The van der Waals surface area contributed by atoms with E-state index in [1.807, 2.05) is 32.0 Å². The summed E-state index contributed by atoms with van der Waals surface area (Å²) in [5, 5.41) is 10.3. The second-order valence-corrected chi connectivity index (χ2v) is 4.63. The molecule has 0 spiro atoms. The topological polar surface area (TPSA) is 33.4 Å². The maximum absolute atomic E-state index is 10.3. The normalized spacial score (nSPS) is 12.8. The van der Waals surface area contributed by atoms with Crippen molar-refractivity contribution < 1.29 is 9.52 Å². The van der Waals surface area contributed by atoms with Crippen molar-refractivity contribution in [2.75, 3.05) is 0 Å². The Morgan fingerprint density at radius 2 is 1.94 bits per heavy atom. The van der Waals surface area contributed by atoms with Crippen molar-refractivity contribution in [2.24, 2.45) is 0 Å². The zero-order valence-electron chi connectivity index (χ0n) is 9.20. The van der Waals surface area contributed by atoms with Gasteiger partial charge in [-0.05, 0) is 47.0 Å². The van der Waals surface area contributed by atoms with Crippen LogP contribution in [-0.2, 0) is 0 Å². The van der Waals surface area contributed by atoms with Gasteiger partial charge in [0.1, 0.15) is 6.10 Å². The first-order chi connectivity index (χ1) is 7.59. The standard InChI is InChI=1S/C13H13BrO2/c1-8-3-4-9(2)11(7-8)12(15)10-5-6-16-13(10)14/h3-7,12,15H,1-2H3. The van der Waals surface area contributed by atoms with Crippen LogP contribution in [0.1, 0.15) is 28.4 Å². The molecule has 3 heteroatoms. The molecule has 0 aliphatic rings. The minimum absolute atomic E-state index is 0.584. The number of hydrogen-bond acceptors (Lipinski definition) is 2. The van der Waals surface area contributed by atoms with Gasteiger partial charge in [0, 0.05) is 5.56 Å². The second kappa shape index (κ2) is 4.44. The molecule has 1 N–H and O–H groups in total. The van der Waals surface area contributed by atoms with Gasteiger partial charge in [-0.1, -0.05) is 23.8 Å². The lowest BCUT2D eigenvalue weighted by Crippen LogP contribution is -2.01. The monoisotopic (exact) mass is 280 g/mol. The molecule has 1 unspecified atom stereocenters. The summed E-state index contributed by atoms with van der Waals surface area (Å²) in [7, 11) is 0. The van der Waals surface area contributed by atoms with E-state index in [1.165, 1.54) is 0 Å². The number of furan rings is 1. The molecular formula is C13H13BrO2. The van der Waals surface area contributed by atoms with E-state index >= 15 is 0 Å². The van der Waals surface area contributed by atoms with E-state index in [9.17, 15) is 5.11 Å². The van der Waals surface area contributed by atoms with E-state index in [2.05, 4.69) is 15.9 Å². The first-order valence-corrected chi connectivity index (χ1v) is 5.87. The summed E-state index contributed by atoms with van der Waals surface area (Å²) < 4.78 is 5.72. The van der Waals surface area contributed by atoms with Gasteiger partial charge >= 0.3 is 0 Å². The van der Waals surface area contributed by atoms with Crippen molar-refractivity contribution >= 4 is 15.9 Å². The lowest BCUT2D eigenvalue weighted by atomic mass is 9.97. The van der Waals surface area contributed by atoms with Crippen molar-refractivity contribution in [1.29, 1.82) is 0 Å². The minimum Gasteiger partial charge on any atom is -0.457 e. The zero-order chi connectivity index (χ0) is 11.7. The predicted molar refractivity (Wildman–Crippen MR) is 66.4 cm³/mol. The van der Waals surface area contributed by atoms with E-state index in [0.29, 0.717) is 4.67 Å². The molecule has 2 aromatic rings. The molecule has 0 aliphatic carbocycles. The molecule has 1 aromatic heterocycles. The van der Waals surface area contributed by atoms with Crippen LogP contribution < -0.4 is 0 Å². The predicted octanol–water partition coefficient (Wildman–Crippen LogP) is 3.74. The zero-order valence-corrected chi connectivity index (χ0v) is 10.8. The third-order valence-electron chi connectivity index (χ3n) is 2.67. The van der Waals surface area contributed by atoms with E-state index in [1.54, 1.807) is 12.3 Å². The molecule has 0 radical (unpaired) electrons. The van der Waals surface area contributed by atoms with Crippen molar-refractivity contribution in [3.05, 3.63) is 57.5 Å². The highest BCUT2D eigenvalue weighted by atomic mass is 79.9. The minimum atomic E-state index is -0.645. The van der Waals surface area contributed by atoms with Crippen LogP contribution >= 0.6 is 15.9 Å². The van der Waals surface area contributed by atoms with Gasteiger partial charge in [-0.2, -0.15) is 0 Å². The fraction of sp³-hybridized carbons (Fsp3) is 0.231. The Morgan fingerprint density at radius 3 is 2.56 bits per heavy atom. The van der Waals surface area contributed by atoms with Gasteiger partial charge in [0.15, 0.2) is 4.67 Å². The highest BCUT2D eigenvalue weighted by molar-refractivity contribution is 9.10. The smallest absolute Gasteiger partial charge is 0.175 e. The summed E-state index contributed by atoms with van der Waals surface area (Å²) in [5.41, 5.74) is 3.89. The fourth-order valence-electron chi connectivity index (χ4n) is 1.72. The van der Waals surface area contributed by atoms with E-state index in [0.717, 1.165) is 22.3 Å². The number of halogens is 1. The Labute approximate surface area is 103 Å². The molecule has 0 bridgehead atoms. The maximum atomic E-state index is 10.3. The first kappa shape index (κ1) is 11.4. The van der Waals surface area contributed by atoms with Crippen LogP contribution in [-0.4, -0.2) is 5.11 Å². The molecule has 1 atom stereocenters. The van der Waals surface area contributed by atoms with Crippen LogP contribution in [0.25, 0.3) is 0 Å². The Balaban J connectivity index is 2.45. The van der Waals surface area contributed by atoms with Crippen LogP contribution in [0.4, 0.5) is 0 Å². The van der Waals surface area contributed by atoms with E-state index in [4.69, 9.17) is 4.42 Å². The molecule has 2 nitrogen and oxygen atoms in total. The molecule has 0 fully saturated rings. The SMILES string of the molecule is Cc1ccc(C)c(C(O)c2ccoc2Br)c1. The molecule has 84 valence electrons. The Bertz CT molecular complexity index is 502. The first-order valence-electron chi connectivity index (χ1n) is 5.07. The fourth-order valence-corrected chi connectivity index (χ4v) is 2.18. The van der Waals surface area contributed by atoms with Gasteiger partial charge in [-0.15, -0.1) is 0 Å². The van der Waals surface area contributed by atoms with Crippen LogP contribution in [0.5, 0.6) is 0 Å². The molecule has 2 rings (SSSR count). The highest BCUT2D eigenvalue weighted by Gasteiger charge is 2.17. The molecule has 0 saturated heterocycles. The average Bonchev–Trinajstić information content (AvgIpc) is 2.67. The van der Waals surface area contributed by atoms with Crippen LogP contribution in [0.3, 0.4) is 0 Å². The Hall–Kier alpha value is -1.06. The quantitative estimate of drug-likeness (QED) is 0.909. The van der Waals surface area contributed by atoms with Crippen molar-refractivity contribution in [3.63, 3.8) is 0 Å². The van der Waals surface area contributed by atoms with Gasteiger partial charge in [0.25, 0.3) is 0 Å². The van der Waals surface area contributed by atoms with Crippen LogP contribution in [0, 0.1) is 13.8 Å². The summed E-state index contributed by atoms with van der Waals surface area (Å²) >= 11 is 3.28. The number of rotatable bonds is 2. The molecule has 0 saturated carbocycles.